The van der Waals surface area contributed by atoms with Crippen molar-refractivity contribution in [1.82, 2.24) is 4.31 Å². The first-order valence-corrected chi connectivity index (χ1v) is 7.65. The Bertz CT molecular complexity index is 474. The summed E-state index contributed by atoms with van der Waals surface area (Å²) in [7, 11) is -3.20. The molecule has 1 unspecified atom stereocenters. The molecule has 1 fully saturated rings. The largest absolute Gasteiger partial charge is 0.487 e. The van der Waals surface area contributed by atoms with Crippen LogP contribution in [0.2, 0.25) is 0 Å². The summed E-state index contributed by atoms with van der Waals surface area (Å²) in [5, 5.41) is 0. The first-order valence-electron chi connectivity index (χ1n) is 5.80. The van der Waals surface area contributed by atoms with Crippen molar-refractivity contribution in [3.8, 4) is 5.75 Å². The van der Waals surface area contributed by atoms with Gasteiger partial charge in [0.15, 0.2) is 0 Å². The van der Waals surface area contributed by atoms with Crippen molar-refractivity contribution >= 4 is 10.0 Å². The number of hydrogen-bond donors (Lipinski definition) is 0. The van der Waals surface area contributed by atoms with E-state index in [4.69, 9.17) is 9.47 Å². The van der Waals surface area contributed by atoms with Crippen LogP contribution in [0.1, 0.15) is 0 Å². The van der Waals surface area contributed by atoms with Gasteiger partial charge in [0.2, 0.25) is 10.0 Å². The van der Waals surface area contributed by atoms with E-state index >= 15 is 0 Å². The van der Waals surface area contributed by atoms with Crippen LogP contribution >= 0.6 is 0 Å². The second-order valence-corrected chi connectivity index (χ2v) is 6.23. The predicted octanol–water partition coefficient (Wildman–Crippen LogP) is 0.726. The van der Waals surface area contributed by atoms with Crippen molar-refractivity contribution in [1.29, 1.82) is 0 Å². The second kappa shape index (κ2) is 5.69. The maximum atomic E-state index is 11.6. The van der Waals surface area contributed by atoms with Gasteiger partial charge in [-0.1, -0.05) is 18.2 Å². The minimum atomic E-state index is -3.20. The maximum absolute atomic E-state index is 11.6. The molecule has 1 heterocycles. The Morgan fingerprint density at radius 1 is 1.33 bits per heavy atom. The summed E-state index contributed by atoms with van der Waals surface area (Å²) in [5.74, 6) is 0.724. The highest BCUT2D eigenvalue weighted by atomic mass is 32.2. The normalized spacial score (nSPS) is 22.4. The summed E-state index contributed by atoms with van der Waals surface area (Å²) < 4.78 is 35.6. The number of para-hydroxylation sites is 1. The van der Waals surface area contributed by atoms with Gasteiger partial charge < -0.3 is 9.47 Å². The Labute approximate surface area is 107 Å². The highest BCUT2D eigenvalue weighted by molar-refractivity contribution is 7.88. The van der Waals surface area contributed by atoms with Gasteiger partial charge in [0.1, 0.15) is 11.9 Å². The van der Waals surface area contributed by atoms with Gasteiger partial charge in [0.25, 0.3) is 0 Å². The number of hydrogen-bond acceptors (Lipinski definition) is 4. The van der Waals surface area contributed by atoms with Crippen LogP contribution in [0.15, 0.2) is 30.3 Å². The molecule has 0 N–H and O–H groups in total. The van der Waals surface area contributed by atoms with Crippen LogP contribution < -0.4 is 4.74 Å². The highest BCUT2D eigenvalue weighted by Gasteiger charge is 2.25. The first kappa shape index (κ1) is 13.3. The van der Waals surface area contributed by atoms with Crippen molar-refractivity contribution in [2.75, 3.05) is 32.6 Å². The molecule has 2 rings (SSSR count). The Kier molecular flexibility index (Phi) is 4.21. The van der Waals surface area contributed by atoms with Crippen molar-refractivity contribution in [3.63, 3.8) is 0 Å². The molecule has 5 nitrogen and oxygen atoms in total. The monoisotopic (exact) mass is 271 g/mol. The molecule has 0 spiro atoms. The molecule has 0 amide bonds. The lowest BCUT2D eigenvalue weighted by molar-refractivity contribution is 0.0723. The Hall–Kier alpha value is -1.11. The summed E-state index contributed by atoms with van der Waals surface area (Å²) in [6, 6.07) is 9.34. The van der Waals surface area contributed by atoms with E-state index in [0.29, 0.717) is 26.3 Å². The number of nitrogens with zero attached hydrogens (tertiary/aromatic N) is 1. The van der Waals surface area contributed by atoms with Crippen molar-refractivity contribution in [3.05, 3.63) is 30.3 Å². The van der Waals surface area contributed by atoms with Gasteiger partial charge in [-0.2, -0.15) is 4.31 Å². The van der Waals surface area contributed by atoms with E-state index < -0.39 is 10.0 Å². The molecule has 18 heavy (non-hydrogen) atoms. The van der Waals surface area contributed by atoms with Crippen molar-refractivity contribution in [2.24, 2.45) is 0 Å². The molecular formula is C12H17NO4S. The van der Waals surface area contributed by atoms with Gasteiger partial charge in [-0.25, -0.2) is 8.42 Å². The highest BCUT2D eigenvalue weighted by Crippen LogP contribution is 2.14. The van der Waals surface area contributed by atoms with E-state index in [1.807, 2.05) is 30.3 Å². The predicted molar refractivity (Wildman–Crippen MR) is 68.1 cm³/mol. The third kappa shape index (κ3) is 3.69. The molecular weight excluding hydrogens is 254 g/mol. The van der Waals surface area contributed by atoms with Gasteiger partial charge >= 0.3 is 0 Å². The average molecular weight is 271 g/mol. The third-order valence-corrected chi connectivity index (χ3v) is 3.98. The first-order chi connectivity index (χ1) is 8.55. The van der Waals surface area contributed by atoms with E-state index in [1.165, 1.54) is 10.6 Å². The molecule has 1 aromatic rings. The molecule has 1 aliphatic rings. The van der Waals surface area contributed by atoms with Gasteiger partial charge in [0, 0.05) is 6.54 Å². The fourth-order valence-electron chi connectivity index (χ4n) is 1.82. The number of benzene rings is 1. The van der Waals surface area contributed by atoms with Crippen LogP contribution in [0, 0.1) is 0 Å². The summed E-state index contributed by atoms with van der Waals surface area (Å²) in [5.41, 5.74) is 0. The lowest BCUT2D eigenvalue weighted by Gasteiger charge is -2.22. The molecule has 6 heteroatoms. The van der Waals surface area contributed by atoms with Gasteiger partial charge in [-0.3, -0.25) is 0 Å². The minimum Gasteiger partial charge on any atom is -0.487 e. The van der Waals surface area contributed by atoms with Crippen LogP contribution in [0.5, 0.6) is 5.75 Å². The Balaban J connectivity index is 2.04. The van der Waals surface area contributed by atoms with E-state index in [9.17, 15) is 8.42 Å². The summed E-state index contributed by atoms with van der Waals surface area (Å²) in [6.07, 6.45) is 0.933. The van der Waals surface area contributed by atoms with Crippen LogP contribution in [0.4, 0.5) is 0 Å². The second-order valence-electron chi connectivity index (χ2n) is 4.25. The smallest absolute Gasteiger partial charge is 0.211 e. The number of ether oxygens (including phenoxy) is 2. The third-order valence-electron chi connectivity index (χ3n) is 2.71. The van der Waals surface area contributed by atoms with Crippen LogP contribution in [0.3, 0.4) is 0 Å². The Morgan fingerprint density at radius 2 is 2.06 bits per heavy atom. The van der Waals surface area contributed by atoms with Crippen molar-refractivity contribution < 1.29 is 17.9 Å². The molecule has 0 saturated carbocycles. The average Bonchev–Trinajstić information content (AvgIpc) is 2.55. The van der Waals surface area contributed by atoms with Crippen LogP contribution in [0.25, 0.3) is 0 Å². The van der Waals surface area contributed by atoms with E-state index in [2.05, 4.69) is 0 Å². The quantitative estimate of drug-likeness (QED) is 0.813. The molecule has 1 aliphatic heterocycles. The van der Waals surface area contributed by atoms with E-state index in [1.54, 1.807) is 0 Å². The Morgan fingerprint density at radius 3 is 2.72 bits per heavy atom. The zero-order valence-electron chi connectivity index (χ0n) is 10.3. The fourth-order valence-corrected chi connectivity index (χ4v) is 2.66. The van der Waals surface area contributed by atoms with Gasteiger partial charge in [0.05, 0.1) is 26.0 Å². The molecule has 0 aromatic heterocycles. The lowest BCUT2D eigenvalue weighted by atomic mass is 10.3. The minimum absolute atomic E-state index is 0.273. The van der Waals surface area contributed by atoms with Crippen LogP contribution in [-0.2, 0) is 14.8 Å². The molecule has 1 atom stereocenters. The number of rotatable bonds is 3. The zero-order valence-corrected chi connectivity index (χ0v) is 11.1. The molecule has 0 bridgehead atoms. The van der Waals surface area contributed by atoms with E-state index in [-0.39, 0.29) is 6.10 Å². The van der Waals surface area contributed by atoms with Gasteiger partial charge in [-0.15, -0.1) is 0 Å². The molecule has 1 saturated heterocycles. The zero-order chi connectivity index (χ0) is 13.0. The van der Waals surface area contributed by atoms with Crippen molar-refractivity contribution in [2.45, 2.75) is 6.10 Å². The topological polar surface area (TPSA) is 55.8 Å². The maximum Gasteiger partial charge on any atom is 0.211 e. The fraction of sp³-hybridized carbons (Fsp3) is 0.500. The van der Waals surface area contributed by atoms with E-state index in [0.717, 1.165) is 5.75 Å². The van der Waals surface area contributed by atoms with Gasteiger partial charge in [-0.05, 0) is 12.1 Å². The molecule has 0 aliphatic carbocycles. The summed E-state index contributed by atoms with van der Waals surface area (Å²) in [6.45, 7) is 1.52. The molecule has 0 radical (unpaired) electrons. The molecule has 100 valence electrons. The lowest BCUT2D eigenvalue weighted by Crippen LogP contribution is -2.39. The summed E-state index contributed by atoms with van der Waals surface area (Å²) >= 11 is 0. The summed E-state index contributed by atoms with van der Waals surface area (Å²) in [4.78, 5) is 0. The van der Waals surface area contributed by atoms with Crippen LogP contribution in [-0.4, -0.2) is 51.4 Å². The number of sulfonamides is 1. The standard InChI is InChI=1S/C12H17NO4S/c1-18(14,15)13-7-8-16-10-12(9-13)17-11-5-3-2-4-6-11/h2-6,12H,7-10H2,1H3. The molecule has 1 aromatic carbocycles. The SMILES string of the molecule is CS(=O)(=O)N1CCOCC(Oc2ccccc2)C1.